The summed E-state index contributed by atoms with van der Waals surface area (Å²) in [4.78, 5) is 10.1. The predicted molar refractivity (Wildman–Crippen MR) is 92.6 cm³/mol. The Balaban J connectivity index is 1.66. The first-order chi connectivity index (χ1) is 10.6. The van der Waals surface area contributed by atoms with Gasteiger partial charge < -0.3 is 10.4 Å². The van der Waals surface area contributed by atoms with Crippen LogP contribution in [0.3, 0.4) is 0 Å². The molecule has 0 amide bonds. The van der Waals surface area contributed by atoms with E-state index in [2.05, 4.69) is 15.3 Å². The molecule has 1 unspecified atom stereocenters. The van der Waals surface area contributed by atoms with Crippen LogP contribution in [-0.2, 0) is 0 Å². The number of nitrogens with zero attached hydrogens (tertiary/aromatic N) is 2. The maximum Gasteiger partial charge on any atom is 0.183 e. The minimum atomic E-state index is -0.541. The number of anilines is 1. The van der Waals surface area contributed by atoms with Gasteiger partial charge in [-0.1, -0.05) is 30.3 Å². The molecule has 0 saturated carbocycles. The van der Waals surface area contributed by atoms with Gasteiger partial charge in [0.2, 0.25) is 0 Å². The van der Waals surface area contributed by atoms with Crippen molar-refractivity contribution in [1.82, 2.24) is 9.97 Å². The summed E-state index contributed by atoms with van der Waals surface area (Å²) in [5.74, 6) is 0. The molecule has 1 atom stereocenters. The predicted octanol–water partition coefficient (Wildman–Crippen LogP) is 4.03. The van der Waals surface area contributed by atoms with E-state index in [-0.39, 0.29) is 0 Å². The minimum absolute atomic E-state index is 0.442. The molecule has 0 aliphatic heterocycles. The molecule has 3 rings (SSSR count). The third kappa shape index (κ3) is 3.35. The van der Waals surface area contributed by atoms with Gasteiger partial charge in [0, 0.05) is 11.9 Å². The van der Waals surface area contributed by atoms with Crippen molar-refractivity contribution in [2.24, 2.45) is 0 Å². The Bertz CT molecular complexity index is 752. The van der Waals surface area contributed by atoms with Gasteiger partial charge in [0.1, 0.15) is 0 Å². The topological polar surface area (TPSA) is 58.0 Å². The van der Waals surface area contributed by atoms with Crippen LogP contribution in [0, 0.1) is 13.8 Å². The smallest absolute Gasteiger partial charge is 0.183 e. The van der Waals surface area contributed by atoms with Crippen LogP contribution in [0.5, 0.6) is 0 Å². The minimum Gasteiger partial charge on any atom is -0.387 e. The maximum absolute atomic E-state index is 10.2. The molecule has 0 radical (unpaired) electrons. The Morgan fingerprint density at radius 2 is 1.95 bits per heavy atom. The number of hydrogen-bond donors (Lipinski definition) is 2. The van der Waals surface area contributed by atoms with E-state index in [0.29, 0.717) is 6.54 Å². The quantitative estimate of drug-likeness (QED) is 0.741. The van der Waals surface area contributed by atoms with Crippen molar-refractivity contribution in [2.45, 2.75) is 20.0 Å². The van der Waals surface area contributed by atoms with E-state index in [9.17, 15) is 5.11 Å². The van der Waals surface area contributed by atoms with Gasteiger partial charge in [-0.15, -0.1) is 22.7 Å². The normalized spacial score (nSPS) is 12.3. The molecule has 0 bridgehead atoms. The summed E-state index contributed by atoms with van der Waals surface area (Å²) in [6, 6.07) is 9.63. The van der Waals surface area contributed by atoms with Gasteiger partial charge in [-0.2, -0.15) is 0 Å². The molecule has 2 heterocycles. The summed E-state index contributed by atoms with van der Waals surface area (Å²) in [7, 11) is 0. The summed E-state index contributed by atoms with van der Waals surface area (Å²) in [6.45, 7) is 4.45. The van der Waals surface area contributed by atoms with Crippen molar-refractivity contribution >= 4 is 27.8 Å². The largest absolute Gasteiger partial charge is 0.387 e. The summed E-state index contributed by atoms with van der Waals surface area (Å²) >= 11 is 3.20. The first-order valence-electron chi connectivity index (χ1n) is 7.00. The van der Waals surface area contributed by atoms with Gasteiger partial charge in [-0.25, -0.2) is 9.97 Å². The molecule has 0 aliphatic rings. The fraction of sp³-hybridized carbons (Fsp3) is 0.250. The summed E-state index contributed by atoms with van der Waals surface area (Å²) < 4.78 is 0. The zero-order valence-electron chi connectivity index (χ0n) is 12.4. The van der Waals surface area contributed by atoms with Crippen molar-refractivity contribution in [3.05, 3.63) is 52.0 Å². The highest BCUT2D eigenvalue weighted by Gasteiger charge is 2.12. The van der Waals surface area contributed by atoms with Gasteiger partial charge in [0.05, 0.1) is 27.4 Å². The highest BCUT2D eigenvalue weighted by molar-refractivity contribution is 7.16. The second kappa shape index (κ2) is 6.56. The molecule has 4 nitrogen and oxygen atoms in total. The molecule has 6 heteroatoms. The fourth-order valence-corrected chi connectivity index (χ4v) is 3.87. The average molecular weight is 331 g/mol. The van der Waals surface area contributed by atoms with Crippen molar-refractivity contribution in [3.8, 4) is 10.6 Å². The van der Waals surface area contributed by atoms with Crippen LogP contribution in [0.15, 0.2) is 35.7 Å². The second-order valence-electron chi connectivity index (χ2n) is 4.99. The van der Waals surface area contributed by atoms with E-state index >= 15 is 0 Å². The summed E-state index contributed by atoms with van der Waals surface area (Å²) in [5, 5.41) is 17.3. The van der Waals surface area contributed by atoms with Crippen molar-refractivity contribution in [3.63, 3.8) is 0 Å². The zero-order chi connectivity index (χ0) is 15.5. The lowest BCUT2D eigenvalue weighted by atomic mass is 10.1. The first kappa shape index (κ1) is 15.1. The SMILES string of the molecule is Cc1nc(C)c(-c2csc(NCC(O)c3ccccc3)n2)s1. The lowest BCUT2D eigenvalue weighted by Gasteiger charge is -2.11. The highest BCUT2D eigenvalue weighted by atomic mass is 32.1. The van der Waals surface area contributed by atoms with Gasteiger partial charge in [-0.3, -0.25) is 0 Å². The highest BCUT2D eigenvalue weighted by Crippen LogP contribution is 2.32. The van der Waals surface area contributed by atoms with Gasteiger partial charge in [-0.05, 0) is 19.4 Å². The average Bonchev–Trinajstić information content (AvgIpc) is 3.12. The van der Waals surface area contributed by atoms with Crippen LogP contribution in [-0.4, -0.2) is 21.6 Å². The standard InChI is InChI=1S/C16H17N3OS2/c1-10-15(22-11(2)18-10)13-9-21-16(19-13)17-8-14(20)12-6-4-3-5-7-12/h3-7,9,14,20H,8H2,1-2H3,(H,17,19). The Morgan fingerprint density at radius 1 is 1.18 bits per heavy atom. The van der Waals surface area contributed by atoms with Crippen molar-refractivity contribution in [2.75, 3.05) is 11.9 Å². The first-order valence-corrected chi connectivity index (χ1v) is 8.70. The number of benzene rings is 1. The summed E-state index contributed by atoms with van der Waals surface area (Å²) in [6.07, 6.45) is -0.541. The van der Waals surface area contributed by atoms with E-state index in [4.69, 9.17) is 0 Å². The Hall–Kier alpha value is -1.76. The van der Waals surface area contributed by atoms with Gasteiger partial charge in [0.25, 0.3) is 0 Å². The number of aryl methyl sites for hydroxylation is 2. The monoisotopic (exact) mass is 331 g/mol. The van der Waals surface area contributed by atoms with E-state index in [0.717, 1.165) is 32.0 Å². The fourth-order valence-electron chi connectivity index (χ4n) is 2.21. The Labute approximate surface area is 137 Å². The van der Waals surface area contributed by atoms with Gasteiger partial charge in [0.15, 0.2) is 5.13 Å². The molecule has 0 spiro atoms. The van der Waals surface area contributed by atoms with Crippen LogP contribution < -0.4 is 5.32 Å². The third-order valence-electron chi connectivity index (χ3n) is 3.27. The number of thiazole rings is 2. The second-order valence-corrected chi connectivity index (χ2v) is 7.05. The van der Waals surface area contributed by atoms with Crippen LogP contribution in [0.2, 0.25) is 0 Å². The summed E-state index contributed by atoms with van der Waals surface area (Å²) in [5.41, 5.74) is 2.87. The Kier molecular flexibility index (Phi) is 4.52. The number of aliphatic hydroxyl groups excluding tert-OH is 1. The molecular weight excluding hydrogens is 314 g/mol. The van der Waals surface area contributed by atoms with Crippen LogP contribution in [0.25, 0.3) is 10.6 Å². The molecule has 2 aromatic heterocycles. The van der Waals surface area contributed by atoms with Crippen molar-refractivity contribution in [1.29, 1.82) is 0 Å². The Morgan fingerprint density at radius 3 is 2.64 bits per heavy atom. The third-order valence-corrected chi connectivity index (χ3v) is 5.17. The lowest BCUT2D eigenvalue weighted by molar-refractivity contribution is 0.191. The van der Waals surface area contributed by atoms with Crippen LogP contribution in [0.4, 0.5) is 5.13 Å². The van der Waals surface area contributed by atoms with E-state index < -0.39 is 6.10 Å². The molecule has 22 heavy (non-hydrogen) atoms. The molecular formula is C16H17N3OS2. The van der Waals surface area contributed by atoms with Crippen LogP contribution in [0.1, 0.15) is 22.4 Å². The van der Waals surface area contributed by atoms with E-state index in [1.807, 2.05) is 49.6 Å². The molecule has 114 valence electrons. The molecule has 0 saturated heterocycles. The number of aromatic nitrogens is 2. The molecule has 0 aliphatic carbocycles. The lowest BCUT2D eigenvalue weighted by Crippen LogP contribution is -2.11. The molecule has 1 aromatic carbocycles. The maximum atomic E-state index is 10.2. The van der Waals surface area contributed by atoms with E-state index in [1.165, 1.54) is 0 Å². The van der Waals surface area contributed by atoms with E-state index in [1.54, 1.807) is 22.7 Å². The number of aliphatic hydroxyl groups is 1. The molecule has 3 aromatic rings. The zero-order valence-corrected chi connectivity index (χ0v) is 14.0. The molecule has 2 N–H and O–H groups in total. The van der Waals surface area contributed by atoms with Crippen LogP contribution >= 0.6 is 22.7 Å². The number of rotatable bonds is 5. The van der Waals surface area contributed by atoms with Gasteiger partial charge >= 0.3 is 0 Å². The van der Waals surface area contributed by atoms with Crippen molar-refractivity contribution < 1.29 is 5.11 Å². The number of nitrogens with one attached hydrogen (secondary N) is 1. The number of hydrogen-bond acceptors (Lipinski definition) is 6. The molecule has 0 fully saturated rings.